The summed E-state index contributed by atoms with van der Waals surface area (Å²) in [6.45, 7) is 5.85. The van der Waals surface area contributed by atoms with E-state index in [9.17, 15) is 4.79 Å². The second kappa shape index (κ2) is 6.27. The van der Waals surface area contributed by atoms with E-state index in [-0.39, 0.29) is 11.5 Å². The Morgan fingerprint density at radius 1 is 1.25 bits per heavy atom. The summed E-state index contributed by atoms with van der Waals surface area (Å²) in [5.41, 5.74) is 3.43. The summed E-state index contributed by atoms with van der Waals surface area (Å²) in [5.74, 6) is 0.564. The normalized spacial score (nSPS) is 11.0. The molecule has 0 fully saturated rings. The second-order valence-corrected chi connectivity index (χ2v) is 5.84. The van der Waals surface area contributed by atoms with Crippen LogP contribution < -0.4 is 10.3 Å². The fourth-order valence-corrected chi connectivity index (χ4v) is 2.46. The number of rotatable bonds is 4. The summed E-state index contributed by atoms with van der Waals surface area (Å²) in [7, 11) is 1.57. The van der Waals surface area contributed by atoms with Crippen molar-refractivity contribution in [2.45, 2.75) is 26.7 Å². The van der Waals surface area contributed by atoms with Crippen LogP contribution >= 0.6 is 0 Å². The molecule has 0 aliphatic rings. The highest BCUT2D eigenvalue weighted by atomic mass is 16.5. The third-order valence-corrected chi connectivity index (χ3v) is 3.74. The molecule has 24 heavy (non-hydrogen) atoms. The largest absolute Gasteiger partial charge is 0.479 e. The van der Waals surface area contributed by atoms with E-state index in [2.05, 4.69) is 20.2 Å². The first-order chi connectivity index (χ1) is 11.5. The zero-order chi connectivity index (χ0) is 17.3. The van der Waals surface area contributed by atoms with Crippen LogP contribution in [0.3, 0.4) is 0 Å². The maximum atomic E-state index is 11.8. The number of ether oxygens (including phenoxy) is 1. The van der Waals surface area contributed by atoms with Crippen molar-refractivity contribution in [1.29, 1.82) is 0 Å². The molecular formula is C17H19N5O2. The molecule has 0 amide bonds. The number of hydrogen-bond donors (Lipinski definition) is 1. The van der Waals surface area contributed by atoms with E-state index in [0.717, 1.165) is 11.4 Å². The van der Waals surface area contributed by atoms with Gasteiger partial charge in [-0.25, -0.2) is 15.1 Å². The van der Waals surface area contributed by atoms with Gasteiger partial charge in [0.1, 0.15) is 11.4 Å². The summed E-state index contributed by atoms with van der Waals surface area (Å²) in [5, 5.41) is 6.63. The highest BCUT2D eigenvalue weighted by Gasteiger charge is 2.13. The van der Waals surface area contributed by atoms with Crippen LogP contribution in [0.25, 0.3) is 17.1 Å². The molecule has 0 atom stereocenters. The number of H-pyrrole nitrogens is 1. The Kier molecular flexibility index (Phi) is 4.16. The summed E-state index contributed by atoms with van der Waals surface area (Å²) in [6.07, 6.45) is 3.61. The molecule has 3 rings (SSSR count). The number of pyridine rings is 1. The third kappa shape index (κ3) is 2.92. The van der Waals surface area contributed by atoms with Crippen molar-refractivity contribution in [2.75, 3.05) is 7.11 Å². The Morgan fingerprint density at radius 2 is 2.04 bits per heavy atom. The number of methoxy groups -OCH3 is 1. The van der Waals surface area contributed by atoms with E-state index in [1.807, 2.05) is 43.7 Å². The van der Waals surface area contributed by atoms with Crippen LogP contribution in [0.15, 0.2) is 35.5 Å². The molecule has 3 aromatic rings. The van der Waals surface area contributed by atoms with E-state index in [4.69, 9.17) is 4.74 Å². The molecule has 0 aliphatic heterocycles. The maximum absolute atomic E-state index is 11.8. The van der Waals surface area contributed by atoms with E-state index in [1.54, 1.807) is 19.5 Å². The fourth-order valence-electron chi connectivity index (χ4n) is 2.46. The zero-order valence-corrected chi connectivity index (χ0v) is 14.1. The molecule has 0 saturated heterocycles. The first kappa shape index (κ1) is 15.9. The summed E-state index contributed by atoms with van der Waals surface area (Å²) >= 11 is 0. The van der Waals surface area contributed by atoms with Crippen molar-refractivity contribution in [3.05, 3.63) is 52.3 Å². The van der Waals surface area contributed by atoms with Gasteiger partial charge in [-0.3, -0.25) is 4.79 Å². The van der Waals surface area contributed by atoms with Gasteiger partial charge in [-0.1, -0.05) is 13.8 Å². The maximum Gasteiger partial charge on any atom is 0.267 e. The van der Waals surface area contributed by atoms with Crippen LogP contribution in [0.2, 0.25) is 0 Å². The molecule has 1 N–H and O–H groups in total. The standard InChI is InChI=1S/C17H19N5O2/c1-10(2)12-7-14(20-21-16(12)23)13-5-6-15(17(19-13)24-4)22-8-11(3)18-9-22/h5-10H,1-4H3,(H,21,23). The van der Waals surface area contributed by atoms with Crippen LogP contribution in [-0.4, -0.2) is 31.8 Å². The highest BCUT2D eigenvalue weighted by Crippen LogP contribution is 2.25. The Bertz CT molecular complexity index is 927. The molecule has 3 heterocycles. The van der Waals surface area contributed by atoms with Crippen LogP contribution in [0, 0.1) is 6.92 Å². The average Bonchev–Trinajstić information content (AvgIpc) is 3.00. The predicted octanol–water partition coefficient (Wildman–Crippen LogP) is 2.46. The molecule has 0 aliphatic carbocycles. The lowest BCUT2D eigenvalue weighted by molar-refractivity contribution is 0.396. The van der Waals surface area contributed by atoms with Crippen molar-refractivity contribution < 1.29 is 4.74 Å². The van der Waals surface area contributed by atoms with Crippen molar-refractivity contribution in [3.8, 4) is 23.0 Å². The van der Waals surface area contributed by atoms with Gasteiger partial charge in [0.05, 0.1) is 24.8 Å². The molecule has 0 aromatic carbocycles. The molecule has 0 radical (unpaired) electrons. The Morgan fingerprint density at radius 3 is 2.67 bits per heavy atom. The Hall–Kier alpha value is -2.96. The van der Waals surface area contributed by atoms with Crippen LogP contribution in [-0.2, 0) is 0 Å². The minimum atomic E-state index is -0.175. The zero-order valence-electron chi connectivity index (χ0n) is 14.1. The molecule has 124 valence electrons. The number of imidazole rings is 1. The van der Waals surface area contributed by atoms with Crippen LogP contribution in [0.4, 0.5) is 0 Å². The minimum absolute atomic E-state index is 0.102. The fraction of sp³-hybridized carbons (Fsp3) is 0.294. The number of aromatic nitrogens is 5. The van der Waals surface area contributed by atoms with E-state index in [1.165, 1.54) is 0 Å². The lowest BCUT2D eigenvalue weighted by atomic mass is 10.0. The van der Waals surface area contributed by atoms with Gasteiger partial charge in [-0.05, 0) is 31.0 Å². The summed E-state index contributed by atoms with van der Waals surface area (Å²) in [4.78, 5) is 20.6. The monoisotopic (exact) mass is 325 g/mol. The van der Waals surface area contributed by atoms with Gasteiger partial charge < -0.3 is 9.30 Å². The van der Waals surface area contributed by atoms with Gasteiger partial charge in [-0.2, -0.15) is 5.10 Å². The molecule has 0 unspecified atom stereocenters. The van der Waals surface area contributed by atoms with E-state index in [0.29, 0.717) is 22.8 Å². The van der Waals surface area contributed by atoms with Crippen molar-refractivity contribution >= 4 is 0 Å². The van der Waals surface area contributed by atoms with Gasteiger partial charge in [0.15, 0.2) is 0 Å². The second-order valence-electron chi connectivity index (χ2n) is 5.84. The highest BCUT2D eigenvalue weighted by molar-refractivity contribution is 5.58. The van der Waals surface area contributed by atoms with Crippen LogP contribution in [0.5, 0.6) is 5.88 Å². The third-order valence-electron chi connectivity index (χ3n) is 3.74. The first-order valence-electron chi connectivity index (χ1n) is 7.65. The molecule has 0 bridgehead atoms. The smallest absolute Gasteiger partial charge is 0.267 e. The lowest BCUT2D eigenvalue weighted by Crippen LogP contribution is -2.15. The SMILES string of the molecule is COc1nc(-c2cc(C(C)C)c(=O)[nH]n2)ccc1-n1cnc(C)c1. The van der Waals surface area contributed by atoms with Crippen molar-refractivity contribution in [3.63, 3.8) is 0 Å². The number of aryl methyl sites for hydroxylation is 1. The van der Waals surface area contributed by atoms with Gasteiger partial charge in [0, 0.05) is 11.8 Å². The van der Waals surface area contributed by atoms with Crippen molar-refractivity contribution in [1.82, 2.24) is 24.7 Å². The van der Waals surface area contributed by atoms with Gasteiger partial charge in [0.2, 0.25) is 5.88 Å². The lowest BCUT2D eigenvalue weighted by Gasteiger charge is -2.10. The predicted molar refractivity (Wildman–Crippen MR) is 90.6 cm³/mol. The van der Waals surface area contributed by atoms with Crippen molar-refractivity contribution in [2.24, 2.45) is 0 Å². The van der Waals surface area contributed by atoms with E-state index < -0.39 is 0 Å². The van der Waals surface area contributed by atoms with Gasteiger partial charge in [0.25, 0.3) is 5.56 Å². The van der Waals surface area contributed by atoms with Crippen LogP contribution in [0.1, 0.15) is 31.0 Å². The number of aromatic amines is 1. The Labute approximate surface area is 139 Å². The summed E-state index contributed by atoms with van der Waals surface area (Å²) in [6, 6.07) is 5.51. The molecule has 7 nitrogen and oxygen atoms in total. The molecule has 0 spiro atoms. The first-order valence-corrected chi connectivity index (χ1v) is 7.65. The summed E-state index contributed by atoms with van der Waals surface area (Å²) < 4.78 is 7.27. The van der Waals surface area contributed by atoms with Gasteiger partial charge in [-0.15, -0.1) is 0 Å². The topological polar surface area (TPSA) is 85.7 Å². The number of nitrogens with one attached hydrogen (secondary N) is 1. The quantitative estimate of drug-likeness (QED) is 0.796. The molecule has 3 aromatic heterocycles. The van der Waals surface area contributed by atoms with E-state index >= 15 is 0 Å². The number of hydrogen-bond acceptors (Lipinski definition) is 5. The molecular weight excluding hydrogens is 306 g/mol. The van der Waals surface area contributed by atoms with Gasteiger partial charge >= 0.3 is 0 Å². The molecule has 0 saturated carbocycles. The average molecular weight is 325 g/mol. The minimum Gasteiger partial charge on any atom is -0.479 e. The Balaban J connectivity index is 2.07. The number of nitrogens with zero attached hydrogens (tertiary/aromatic N) is 4. The molecule has 7 heteroatoms.